The van der Waals surface area contributed by atoms with Crippen LogP contribution in [0.25, 0.3) is 0 Å². The molecule has 23 heavy (non-hydrogen) atoms. The number of hydrogen-bond donors (Lipinski definition) is 1. The van der Waals surface area contributed by atoms with E-state index in [4.69, 9.17) is 4.74 Å². The molecule has 0 saturated carbocycles. The summed E-state index contributed by atoms with van der Waals surface area (Å²) in [5.41, 5.74) is 0.343. The Balaban J connectivity index is 1.55. The molecule has 1 saturated heterocycles. The number of Topliss-reactive ketones (excluding diaryl/α,β-unsaturated/α-hetero) is 1. The van der Waals surface area contributed by atoms with Crippen LogP contribution in [-0.2, 0) is 0 Å². The van der Waals surface area contributed by atoms with Crippen LogP contribution in [0.1, 0.15) is 62.2 Å². The Hall–Kier alpha value is -1.55. The van der Waals surface area contributed by atoms with Crippen LogP contribution in [0.2, 0.25) is 0 Å². The predicted molar refractivity (Wildman–Crippen MR) is 92.4 cm³/mol. The van der Waals surface area contributed by atoms with E-state index >= 15 is 0 Å². The third-order valence-electron chi connectivity index (χ3n) is 4.43. The Kier molecular flexibility index (Phi) is 7.40. The standard InChI is InChI=1S/C19H29NO3/c1-16(21)18-10-9-17(15-19(18)22)23-14-8-3-2-5-11-20-12-6-4-7-13-20/h9-10,15,22H,2-8,11-14H2,1H3. The number of benzene rings is 1. The number of piperidine rings is 1. The van der Waals surface area contributed by atoms with E-state index in [1.807, 2.05) is 0 Å². The Morgan fingerprint density at radius 3 is 2.57 bits per heavy atom. The molecule has 1 heterocycles. The van der Waals surface area contributed by atoms with Crippen LogP contribution in [0.3, 0.4) is 0 Å². The van der Waals surface area contributed by atoms with E-state index in [0.29, 0.717) is 17.9 Å². The van der Waals surface area contributed by atoms with Gasteiger partial charge in [-0.2, -0.15) is 0 Å². The second-order valence-corrected chi connectivity index (χ2v) is 6.40. The molecular weight excluding hydrogens is 290 g/mol. The minimum atomic E-state index is -0.136. The second kappa shape index (κ2) is 9.56. The molecule has 4 nitrogen and oxygen atoms in total. The number of carbonyl (C=O) groups excluding carboxylic acids is 1. The smallest absolute Gasteiger partial charge is 0.163 e. The molecule has 0 aromatic heterocycles. The number of rotatable bonds is 9. The van der Waals surface area contributed by atoms with Gasteiger partial charge in [-0.05, 0) is 64.4 Å². The Morgan fingerprint density at radius 1 is 1.13 bits per heavy atom. The molecule has 0 spiro atoms. The topological polar surface area (TPSA) is 49.8 Å². The average Bonchev–Trinajstić information content (AvgIpc) is 2.54. The van der Waals surface area contributed by atoms with Gasteiger partial charge in [0.1, 0.15) is 11.5 Å². The molecule has 1 fully saturated rings. The molecule has 0 bridgehead atoms. The number of ketones is 1. The maximum Gasteiger partial charge on any atom is 0.163 e. The largest absolute Gasteiger partial charge is 0.507 e. The molecule has 1 aromatic rings. The molecule has 0 aliphatic carbocycles. The summed E-state index contributed by atoms with van der Waals surface area (Å²) >= 11 is 0. The first-order valence-corrected chi connectivity index (χ1v) is 8.86. The van der Waals surface area contributed by atoms with Crippen molar-refractivity contribution in [1.29, 1.82) is 0 Å². The molecule has 1 N–H and O–H groups in total. The molecule has 2 rings (SSSR count). The fraction of sp³-hybridized carbons (Fsp3) is 0.632. The van der Waals surface area contributed by atoms with Gasteiger partial charge in [0.25, 0.3) is 0 Å². The summed E-state index contributed by atoms with van der Waals surface area (Å²) in [6, 6.07) is 4.88. The van der Waals surface area contributed by atoms with Gasteiger partial charge in [-0.25, -0.2) is 0 Å². The number of phenolic OH excluding ortho intramolecular Hbond substituents is 1. The van der Waals surface area contributed by atoms with E-state index in [2.05, 4.69) is 4.90 Å². The van der Waals surface area contributed by atoms with Crippen molar-refractivity contribution >= 4 is 5.78 Å². The van der Waals surface area contributed by atoms with Crippen molar-refractivity contribution in [3.8, 4) is 11.5 Å². The number of phenols is 1. The molecule has 1 aromatic carbocycles. The number of carbonyl (C=O) groups is 1. The summed E-state index contributed by atoms with van der Waals surface area (Å²) in [7, 11) is 0. The number of likely N-dealkylation sites (tertiary alicyclic amines) is 1. The first kappa shape index (κ1) is 17.8. The van der Waals surface area contributed by atoms with Crippen molar-refractivity contribution in [3.63, 3.8) is 0 Å². The normalized spacial score (nSPS) is 15.5. The van der Waals surface area contributed by atoms with Gasteiger partial charge in [0.15, 0.2) is 5.78 Å². The fourth-order valence-electron chi connectivity index (χ4n) is 3.06. The molecule has 1 aliphatic heterocycles. The maximum atomic E-state index is 11.2. The van der Waals surface area contributed by atoms with E-state index in [9.17, 15) is 9.90 Å². The first-order chi connectivity index (χ1) is 11.2. The average molecular weight is 319 g/mol. The minimum Gasteiger partial charge on any atom is -0.507 e. The van der Waals surface area contributed by atoms with Gasteiger partial charge in [-0.3, -0.25) is 4.79 Å². The summed E-state index contributed by atoms with van der Waals surface area (Å²) < 4.78 is 5.64. The SMILES string of the molecule is CC(=O)c1ccc(OCCCCCCN2CCCCC2)cc1O. The van der Waals surface area contributed by atoms with Crippen LogP contribution in [0.4, 0.5) is 0 Å². The van der Waals surface area contributed by atoms with Gasteiger partial charge in [0.05, 0.1) is 12.2 Å². The molecule has 0 unspecified atom stereocenters. The lowest BCUT2D eigenvalue weighted by Crippen LogP contribution is -2.30. The molecule has 4 heteroatoms. The third kappa shape index (κ3) is 6.22. The number of nitrogens with zero attached hydrogens (tertiary/aromatic N) is 1. The lowest BCUT2D eigenvalue weighted by molar-refractivity contribution is 0.101. The number of hydrogen-bond acceptors (Lipinski definition) is 4. The summed E-state index contributed by atoms with van der Waals surface area (Å²) in [5, 5.41) is 9.75. The first-order valence-electron chi connectivity index (χ1n) is 8.86. The number of ether oxygens (including phenoxy) is 1. The third-order valence-corrected chi connectivity index (χ3v) is 4.43. The lowest BCUT2D eigenvalue weighted by Gasteiger charge is -2.26. The molecule has 0 radical (unpaired) electrons. The van der Waals surface area contributed by atoms with Crippen molar-refractivity contribution in [3.05, 3.63) is 23.8 Å². The van der Waals surface area contributed by atoms with Crippen LogP contribution in [-0.4, -0.2) is 42.0 Å². The zero-order chi connectivity index (χ0) is 16.5. The highest BCUT2D eigenvalue weighted by Crippen LogP contribution is 2.24. The van der Waals surface area contributed by atoms with Crippen LogP contribution in [0.5, 0.6) is 11.5 Å². The van der Waals surface area contributed by atoms with E-state index < -0.39 is 0 Å². The van der Waals surface area contributed by atoms with E-state index in [0.717, 1.165) is 6.42 Å². The highest BCUT2D eigenvalue weighted by Gasteiger charge is 2.09. The van der Waals surface area contributed by atoms with Crippen molar-refractivity contribution < 1.29 is 14.6 Å². The van der Waals surface area contributed by atoms with Crippen LogP contribution in [0.15, 0.2) is 18.2 Å². The number of unbranched alkanes of at least 4 members (excludes halogenated alkanes) is 3. The van der Waals surface area contributed by atoms with Crippen LogP contribution >= 0.6 is 0 Å². The van der Waals surface area contributed by atoms with Gasteiger partial charge in [-0.15, -0.1) is 0 Å². The Morgan fingerprint density at radius 2 is 1.87 bits per heavy atom. The van der Waals surface area contributed by atoms with Gasteiger partial charge < -0.3 is 14.7 Å². The van der Waals surface area contributed by atoms with Crippen LogP contribution < -0.4 is 4.74 Å². The maximum absolute atomic E-state index is 11.2. The summed E-state index contributed by atoms with van der Waals surface area (Å²) in [6.07, 6.45) is 8.84. The predicted octanol–water partition coefficient (Wildman–Crippen LogP) is 4.02. The molecule has 0 amide bonds. The van der Waals surface area contributed by atoms with E-state index in [-0.39, 0.29) is 11.5 Å². The Bertz CT molecular complexity index is 495. The van der Waals surface area contributed by atoms with Crippen LogP contribution in [0, 0.1) is 0 Å². The van der Waals surface area contributed by atoms with Crippen molar-refractivity contribution in [2.24, 2.45) is 0 Å². The monoisotopic (exact) mass is 319 g/mol. The van der Waals surface area contributed by atoms with Gasteiger partial charge >= 0.3 is 0 Å². The number of aromatic hydroxyl groups is 1. The van der Waals surface area contributed by atoms with Crippen molar-refractivity contribution in [2.75, 3.05) is 26.2 Å². The quantitative estimate of drug-likeness (QED) is 0.552. The summed E-state index contributed by atoms with van der Waals surface area (Å²) in [4.78, 5) is 13.8. The fourth-order valence-corrected chi connectivity index (χ4v) is 3.06. The lowest BCUT2D eigenvalue weighted by atomic mass is 10.1. The molecule has 0 atom stereocenters. The summed E-state index contributed by atoms with van der Waals surface area (Å²) in [6.45, 7) is 5.90. The van der Waals surface area contributed by atoms with Crippen molar-refractivity contribution in [1.82, 2.24) is 4.90 Å². The molecule has 128 valence electrons. The van der Waals surface area contributed by atoms with Gasteiger partial charge in [-0.1, -0.05) is 19.3 Å². The zero-order valence-corrected chi connectivity index (χ0v) is 14.2. The highest BCUT2D eigenvalue weighted by molar-refractivity contribution is 5.96. The second-order valence-electron chi connectivity index (χ2n) is 6.40. The van der Waals surface area contributed by atoms with Crippen molar-refractivity contribution in [2.45, 2.75) is 51.9 Å². The van der Waals surface area contributed by atoms with E-state index in [1.165, 1.54) is 71.1 Å². The van der Waals surface area contributed by atoms with Gasteiger partial charge in [0, 0.05) is 6.07 Å². The highest BCUT2D eigenvalue weighted by atomic mass is 16.5. The zero-order valence-electron chi connectivity index (χ0n) is 14.2. The summed E-state index contributed by atoms with van der Waals surface area (Å²) in [5.74, 6) is 0.486. The molecule has 1 aliphatic rings. The van der Waals surface area contributed by atoms with E-state index in [1.54, 1.807) is 12.1 Å². The molecular formula is C19H29NO3. The van der Waals surface area contributed by atoms with Gasteiger partial charge in [0.2, 0.25) is 0 Å². The minimum absolute atomic E-state index is 0.00321. The Labute approximate surface area is 139 Å².